The minimum atomic E-state index is 0.724. The third kappa shape index (κ3) is 3.30. The van der Waals surface area contributed by atoms with Gasteiger partial charge in [0.05, 0.1) is 12.7 Å². The van der Waals surface area contributed by atoms with Crippen LogP contribution in [0.5, 0.6) is 0 Å². The molecular formula is C12H22N4. The molecule has 0 aliphatic heterocycles. The van der Waals surface area contributed by atoms with Gasteiger partial charge in [0, 0.05) is 18.8 Å². The van der Waals surface area contributed by atoms with Crippen LogP contribution in [0.2, 0.25) is 0 Å². The number of hydrogen-bond donors (Lipinski definition) is 1. The molecule has 0 radical (unpaired) electrons. The fourth-order valence-corrected chi connectivity index (χ4v) is 2.58. The van der Waals surface area contributed by atoms with E-state index in [4.69, 9.17) is 0 Å². The second kappa shape index (κ2) is 5.99. The van der Waals surface area contributed by atoms with Crippen molar-refractivity contribution in [2.24, 2.45) is 5.92 Å². The molecule has 1 aromatic rings. The summed E-state index contributed by atoms with van der Waals surface area (Å²) in [5, 5.41) is 11.4. The average molecular weight is 222 g/mol. The highest BCUT2D eigenvalue weighted by atomic mass is 15.4. The van der Waals surface area contributed by atoms with Crippen LogP contribution >= 0.6 is 0 Å². The Labute approximate surface area is 97.4 Å². The Morgan fingerprint density at radius 1 is 1.44 bits per heavy atom. The van der Waals surface area contributed by atoms with Crippen molar-refractivity contribution in [3.8, 4) is 0 Å². The van der Waals surface area contributed by atoms with Crippen LogP contribution in [0.4, 0.5) is 0 Å². The molecular weight excluding hydrogens is 200 g/mol. The van der Waals surface area contributed by atoms with Gasteiger partial charge in [-0.05, 0) is 18.8 Å². The zero-order valence-electron chi connectivity index (χ0n) is 10.1. The highest BCUT2D eigenvalue weighted by molar-refractivity contribution is 4.77. The topological polar surface area (TPSA) is 42.7 Å². The van der Waals surface area contributed by atoms with Crippen molar-refractivity contribution in [2.45, 2.75) is 51.6 Å². The van der Waals surface area contributed by atoms with E-state index in [1.165, 1.54) is 32.1 Å². The monoisotopic (exact) mass is 222 g/mol. The van der Waals surface area contributed by atoms with E-state index in [0.717, 1.165) is 25.0 Å². The van der Waals surface area contributed by atoms with Gasteiger partial charge < -0.3 is 5.32 Å². The average Bonchev–Trinajstić information content (AvgIpc) is 2.82. The van der Waals surface area contributed by atoms with Crippen molar-refractivity contribution in [2.75, 3.05) is 6.54 Å². The molecule has 1 fully saturated rings. The van der Waals surface area contributed by atoms with Crippen LogP contribution in [0.3, 0.4) is 0 Å². The maximum atomic E-state index is 3.96. The molecule has 2 atom stereocenters. The Balaban J connectivity index is 1.65. The van der Waals surface area contributed by atoms with Crippen LogP contribution in [-0.2, 0) is 6.54 Å². The van der Waals surface area contributed by atoms with Crippen molar-refractivity contribution in [3.63, 3.8) is 0 Å². The first kappa shape index (κ1) is 11.6. The van der Waals surface area contributed by atoms with Crippen LogP contribution in [0.15, 0.2) is 12.4 Å². The van der Waals surface area contributed by atoms with Crippen LogP contribution < -0.4 is 5.32 Å². The molecule has 1 aliphatic carbocycles. The Kier molecular flexibility index (Phi) is 4.34. The number of nitrogens with one attached hydrogen (secondary N) is 1. The van der Waals surface area contributed by atoms with Gasteiger partial charge in [-0.3, -0.25) is 4.68 Å². The van der Waals surface area contributed by atoms with Crippen molar-refractivity contribution < 1.29 is 0 Å². The van der Waals surface area contributed by atoms with E-state index in [0.29, 0.717) is 0 Å². The first-order valence-corrected chi connectivity index (χ1v) is 6.46. The number of aromatic nitrogens is 3. The molecule has 1 heterocycles. The van der Waals surface area contributed by atoms with Gasteiger partial charge in [0.15, 0.2) is 0 Å². The second-order valence-electron chi connectivity index (χ2n) is 4.76. The van der Waals surface area contributed by atoms with Gasteiger partial charge in [-0.25, -0.2) is 0 Å². The largest absolute Gasteiger partial charge is 0.312 e. The molecule has 1 saturated carbocycles. The summed E-state index contributed by atoms with van der Waals surface area (Å²) in [6.45, 7) is 4.24. The summed E-state index contributed by atoms with van der Waals surface area (Å²) < 4.78 is 1.88. The molecule has 0 spiro atoms. The minimum absolute atomic E-state index is 0.724. The van der Waals surface area contributed by atoms with Gasteiger partial charge in [0.25, 0.3) is 0 Å². The molecule has 4 heteroatoms. The predicted molar refractivity (Wildman–Crippen MR) is 64.1 cm³/mol. The number of rotatable bonds is 5. The van der Waals surface area contributed by atoms with Crippen molar-refractivity contribution in [1.29, 1.82) is 0 Å². The predicted octanol–water partition coefficient (Wildman–Crippen LogP) is 1.84. The van der Waals surface area contributed by atoms with E-state index in [1.54, 1.807) is 6.20 Å². The van der Waals surface area contributed by atoms with Crippen molar-refractivity contribution >= 4 is 0 Å². The van der Waals surface area contributed by atoms with E-state index in [1.807, 2.05) is 10.9 Å². The lowest BCUT2D eigenvalue weighted by molar-refractivity contribution is 0.276. The first-order chi connectivity index (χ1) is 7.88. The van der Waals surface area contributed by atoms with Crippen LogP contribution in [0.25, 0.3) is 0 Å². The van der Waals surface area contributed by atoms with Gasteiger partial charge in [0.1, 0.15) is 0 Å². The standard InChI is InChI=1S/C12H22N4/c1-2-11-4-3-5-12(10-11)13-6-8-16-9-7-14-15-16/h7,9,11-13H,2-6,8,10H2,1H3. The van der Waals surface area contributed by atoms with Crippen LogP contribution in [0, 0.1) is 5.92 Å². The van der Waals surface area contributed by atoms with Gasteiger partial charge in [-0.2, -0.15) is 0 Å². The van der Waals surface area contributed by atoms with E-state index >= 15 is 0 Å². The second-order valence-corrected chi connectivity index (χ2v) is 4.76. The normalized spacial score (nSPS) is 25.8. The summed E-state index contributed by atoms with van der Waals surface area (Å²) in [5.41, 5.74) is 0. The molecule has 0 amide bonds. The molecule has 0 bridgehead atoms. The fourth-order valence-electron chi connectivity index (χ4n) is 2.58. The van der Waals surface area contributed by atoms with E-state index in [9.17, 15) is 0 Å². The van der Waals surface area contributed by atoms with Crippen LogP contribution in [-0.4, -0.2) is 27.6 Å². The molecule has 0 saturated heterocycles. The lowest BCUT2D eigenvalue weighted by Gasteiger charge is -2.29. The maximum Gasteiger partial charge on any atom is 0.0692 e. The summed E-state index contributed by atoms with van der Waals surface area (Å²) in [4.78, 5) is 0. The van der Waals surface area contributed by atoms with E-state index < -0.39 is 0 Å². The summed E-state index contributed by atoms with van der Waals surface area (Å²) in [7, 11) is 0. The molecule has 90 valence electrons. The van der Waals surface area contributed by atoms with E-state index in [-0.39, 0.29) is 0 Å². The molecule has 1 N–H and O–H groups in total. The Hall–Kier alpha value is -0.900. The summed E-state index contributed by atoms with van der Waals surface area (Å²) in [5.74, 6) is 0.942. The molecule has 2 unspecified atom stereocenters. The minimum Gasteiger partial charge on any atom is -0.312 e. The van der Waals surface area contributed by atoms with E-state index in [2.05, 4.69) is 22.6 Å². The van der Waals surface area contributed by atoms with Crippen LogP contribution in [0.1, 0.15) is 39.0 Å². The smallest absolute Gasteiger partial charge is 0.0692 e. The third-order valence-electron chi connectivity index (χ3n) is 3.61. The maximum absolute atomic E-state index is 3.96. The Morgan fingerprint density at radius 2 is 2.38 bits per heavy atom. The van der Waals surface area contributed by atoms with Gasteiger partial charge >= 0.3 is 0 Å². The van der Waals surface area contributed by atoms with Crippen molar-refractivity contribution in [1.82, 2.24) is 20.3 Å². The molecule has 4 nitrogen and oxygen atoms in total. The zero-order chi connectivity index (χ0) is 11.2. The first-order valence-electron chi connectivity index (χ1n) is 6.46. The van der Waals surface area contributed by atoms with Crippen molar-refractivity contribution in [3.05, 3.63) is 12.4 Å². The fraction of sp³-hybridized carbons (Fsp3) is 0.833. The SMILES string of the molecule is CCC1CCCC(NCCn2ccnn2)C1. The number of nitrogens with zero attached hydrogens (tertiary/aromatic N) is 3. The molecule has 16 heavy (non-hydrogen) atoms. The molecule has 0 aromatic carbocycles. The van der Waals surface area contributed by atoms with Gasteiger partial charge in [-0.1, -0.05) is 31.4 Å². The number of hydrogen-bond acceptors (Lipinski definition) is 3. The summed E-state index contributed by atoms with van der Waals surface area (Å²) >= 11 is 0. The van der Waals surface area contributed by atoms with Gasteiger partial charge in [-0.15, -0.1) is 5.10 Å². The quantitative estimate of drug-likeness (QED) is 0.826. The lowest BCUT2D eigenvalue weighted by atomic mass is 9.84. The highest BCUT2D eigenvalue weighted by Gasteiger charge is 2.19. The Bertz CT molecular complexity index is 283. The molecule has 1 aromatic heterocycles. The molecule has 1 aliphatic rings. The summed E-state index contributed by atoms with van der Waals surface area (Å²) in [6, 6.07) is 0.724. The van der Waals surface area contributed by atoms with Gasteiger partial charge in [0.2, 0.25) is 0 Å². The lowest BCUT2D eigenvalue weighted by Crippen LogP contribution is -2.36. The highest BCUT2D eigenvalue weighted by Crippen LogP contribution is 2.26. The summed E-state index contributed by atoms with van der Waals surface area (Å²) in [6.07, 6.45) is 10.5. The third-order valence-corrected chi connectivity index (χ3v) is 3.61. The molecule has 2 rings (SSSR count). The zero-order valence-corrected chi connectivity index (χ0v) is 10.1. The Morgan fingerprint density at radius 3 is 3.12 bits per heavy atom.